The van der Waals surface area contributed by atoms with Crippen LogP contribution in [0, 0.1) is 22.7 Å². The SMILES string of the molecule is N#Cc1cccc(-c2ccccc2-c2ccc3c(-c4c(OCC(=O)O)ccc5cc(-c6ccccc6-c6cccc(C#N)c6)ccc45)c(OCC(=O)O)ccc3c2)c1. The van der Waals surface area contributed by atoms with E-state index >= 15 is 0 Å². The zero-order chi connectivity index (χ0) is 40.2. The second-order valence-corrected chi connectivity index (χ2v) is 13.6. The van der Waals surface area contributed by atoms with Crippen LogP contribution in [0.15, 0.2) is 158 Å². The normalized spacial score (nSPS) is 10.8. The molecule has 2 N–H and O–H groups in total. The number of nitrogens with zero attached hydrogens (tertiary/aromatic N) is 2. The average Bonchev–Trinajstić information content (AvgIpc) is 3.26. The third-order valence-corrected chi connectivity index (χ3v) is 10.00. The van der Waals surface area contributed by atoms with Crippen LogP contribution in [0.4, 0.5) is 0 Å². The lowest BCUT2D eigenvalue weighted by Crippen LogP contribution is -2.11. The topological polar surface area (TPSA) is 141 Å². The summed E-state index contributed by atoms with van der Waals surface area (Å²) in [6.45, 7) is -1.20. The van der Waals surface area contributed by atoms with Crippen molar-refractivity contribution in [3.63, 3.8) is 0 Å². The van der Waals surface area contributed by atoms with Gasteiger partial charge in [-0.15, -0.1) is 0 Å². The number of hydrogen-bond donors (Lipinski definition) is 2. The maximum atomic E-state index is 11.8. The van der Waals surface area contributed by atoms with Crippen LogP contribution < -0.4 is 9.47 Å². The highest BCUT2D eigenvalue weighted by molar-refractivity contribution is 6.11. The highest BCUT2D eigenvalue weighted by Gasteiger charge is 2.22. The molecule has 0 aliphatic heterocycles. The molecule has 0 aromatic heterocycles. The fourth-order valence-electron chi connectivity index (χ4n) is 7.48. The number of ether oxygens (including phenoxy) is 2. The first kappa shape index (κ1) is 36.8. The number of hydrogen-bond acceptors (Lipinski definition) is 6. The van der Waals surface area contributed by atoms with E-state index in [9.17, 15) is 30.3 Å². The van der Waals surface area contributed by atoms with Crippen molar-refractivity contribution in [2.75, 3.05) is 13.2 Å². The van der Waals surface area contributed by atoms with Gasteiger partial charge in [-0.2, -0.15) is 10.5 Å². The van der Waals surface area contributed by atoms with Crippen molar-refractivity contribution >= 4 is 33.5 Å². The van der Waals surface area contributed by atoms with Crippen molar-refractivity contribution in [2.45, 2.75) is 0 Å². The molecule has 8 aromatic rings. The lowest BCUT2D eigenvalue weighted by atomic mass is 9.88. The Morgan fingerprint density at radius 1 is 0.448 bits per heavy atom. The second-order valence-electron chi connectivity index (χ2n) is 13.6. The standard InChI is InChI=1S/C50H32N2O6/c51-27-31-7-5-9-33(23-31)39-11-1-3-13-41(39)35-15-19-43-37(25-35)17-21-45(57-29-47(53)54)49(43)50-44-20-16-36(26-38(44)18-22-46(50)58-30-48(55)56)42-14-4-2-12-40(42)34-10-6-8-32(24-34)28-52/h1-26H,29-30H2,(H,53,54)(H,55,56). The molecule has 0 unspecified atom stereocenters. The molecule has 0 heterocycles. The molecule has 8 aromatic carbocycles. The van der Waals surface area contributed by atoms with Crippen molar-refractivity contribution in [2.24, 2.45) is 0 Å². The van der Waals surface area contributed by atoms with E-state index in [4.69, 9.17) is 9.47 Å². The molecule has 0 bridgehead atoms. The van der Waals surface area contributed by atoms with Gasteiger partial charge in [0.15, 0.2) is 13.2 Å². The van der Waals surface area contributed by atoms with E-state index in [1.807, 2.05) is 133 Å². The van der Waals surface area contributed by atoms with E-state index in [-0.39, 0.29) is 11.5 Å². The number of carbonyl (C=O) groups is 2. The largest absolute Gasteiger partial charge is 0.481 e. The minimum absolute atomic E-state index is 0.288. The van der Waals surface area contributed by atoms with Gasteiger partial charge in [0.1, 0.15) is 11.5 Å². The molecule has 8 nitrogen and oxygen atoms in total. The molecule has 0 atom stereocenters. The number of carboxylic acid groups (broad SMARTS) is 2. The fraction of sp³-hybridized carbons (Fsp3) is 0.0400. The quantitative estimate of drug-likeness (QED) is 0.133. The molecule has 278 valence electrons. The van der Waals surface area contributed by atoms with E-state index in [1.54, 1.807) is 24.3 Å². The van der Waals surface area contributed by atoms with Crippen LogP contribution in [-0.2, 0) is 9.59 Å². The summed E-state index contributed by atoms with van der Waals surface area (Å²) in [5.74, 6) is -1.73. The summed E-state index contributed by atoms with van der Waals surface area (Å²) in [6.07, 6.45) is 0. The monoisotopic (exact) mass is 756 g/mol. The Morgan fingerprint density at radius 2 is 0.828 bits per heavy atom. The van der Waals surface area contributed by atoms with Gasteiger partial charge in [-0.1, -0.05) is 109 Å². The molecule has 8 rings (SSSR count). The zero-order valence-corrected chi connectivity index (χ0v) is 30.8. The highest BCUT2D eigenvalue weighted by Crippen LogP contribution is 2.47. The molecule has 58 heavy (non-hydrogen) atoms. The molecule has 0 aliphatic rings. The Hall–Kier alpha value is -8.20. The highest BCUT2D eigenvalue weighted by atomic mass is 16.5. The Bertz CT molecular complexity index is 2810. The zero-order valence-electron chi connectivity index (χ0n) is 30.8. The molecule has 0 saturated carbocycles. The third kappa shape index (κ3) is 7.29. The van der Waals surface area contributed by atoms with Gasteiger partial charge in [-0.05, 0) is 115 Å². The summed E-state index contributed by atoms with van der Waals surface area (Å²) in [5.41, 5.74) is 9.67. The van der Waals surface area contributed by atoms with Crippen LogP contribution >= 0.6 is 0 Å². The summed E-state index contributed by atoms with van der Waals surface area (Å²) < 4.78 is 11.9. The predicted octanol–water partition coefficient (Wildman–Crippen LogP) is 11.0. The summed E-state index contributed by atoms with van der Waals surface area (Å²) in [5, 5.41) is 41.6. The number of rotatable bonds is 11. The van der Waals surface area contributed by atoms with Crippen LogP contribution in [0.2, 0.25) is 0 Å². The Morgan fingerprint density at radius 3 is 1.19 bits per heavy atom. The van der Waals surface area contributed by atoms with Crippen LogP contribution in [0.5, 0.6) is 11.5 Å². The number of benzene rings is 8. The van der Waals surface area contributed by atoms with Gasteiger partial charge in [0.05, 0.1) is 23.3 Å². The van der Waals surface area contributed by atoms with Crippen molar-refractivity contribution in [3.05, 3.63) is 169 Å². The van der Waals surface area contributed by atoms with Gasteiger partial charge < -0.3 is 19.7 Å². The molecule has 0 saturated heterocycles. The Balaban J connectivity index is 1.33. The molecule has 0 fully saturated rings. The first-order chi connectivity index (χ1) is 28.3. The molecule has 0 aliphatic carbocycles. The van der Waals surface area contributed by atoms with Gasteiger partial charge in [0.25, 0.3) is 0 Å². The third-order valence-electron chi connectivity index (χ3n) is 10.00. The number of aliphatic carboxylic acids is 2. The van der Waals surface area contributed by atoms with Crippen LogP contribution in [-0.4, -0.2) is 35.4 Å². The number of nitriles is 2. The minimum Gasteiger partial charge on any atom is -0.481 e. The van der Waals surface area contributed by atoms with Crippen molar-refractivity contribution in [3.8, 4) is 79.3 Å². The number of carboxylic acids is 2. The maximum Gasteiger partial charge on any atom is 0.341 e. The van der Waals surface area contributed by atoms with Gasteiger partial charge in [0.2, 0.25) is 0 Å². The smallest absolute Gasteiger partial charge is 0.341 e. The van der Waals surface area contributed by atoms with E-state index in [0.29, 0.717) is 22.3 Å². The maximum absolute atomic E-state index is 11.8. The van der Waals surface area contributed by atoms with Gasteiger partial charge in [-0.3, -0.25) is 0 Å². The number of fused-ring (bicyclic) bond motifs is 2. The predicted molar refractivity (Wildman–Crippen MR) is 224 cm³/mol. The first-order valence-electron chi connectivity index (χ1n) is 18.3. The summed E-state index contributed by atoms with van der Waals surface area (Å²) in [7, 11) is 0. The minimum atomic E-state index is -1.15. The van der Waals surface area contributed by atoms with Crippen LogP contribution in [0.1, 0.15) is 11.1 Å². The van der Waals surface area contributed by atoms with Crippen molar-refractivity contribution in [1.82, 2.24) is 0 Å². The molecule has 0 spiro atoms. The van der Waals surface area contributed by atoms with Crippen LogP contribution in [0.3, 0.4) is 0 Å². The van der Waals surface area contributed by atoms with Gasteiger partial charge in [-0.25, -0.2) is 9.59 Å². The van der Waals surface area contributed by atoms with Gasteiger partial charge >= 0.3 is 11.9 Å². The van der Waals surface area contributed by atoms with Crippen LogP contribution in [0.25, 0.3) is 77.2 Å². The lowest BCUT2D eigenvalue weighted by Gasteiger charge is -2.20. The fourth-order valence-corrected chi connectivity index (χ4v) is 7.48. The van der Waals surface area contributed by atoms with Crippen molar-refractivity contribution < 1.29 is 29.3 Å². The molecule has 0 amide bonds. The molecular formula is C50H32N2O6. The van der Waals surface area contributed by atoms with Crippen molar-refractivity contribution in [1.29, 1.82) is 10.5 Å². The summed E-state index contributed by atoms with van der Waals surface area (Å²) >= 11 is 0. The molecular weight excluding hydrogens is 725 g/mol. The van der Waals surface area contributed by atoms with E-state index in [2.05, 4.69) is 12.1 Å². The van der Waals surface area contributed by atoms with E-state index in [0.717, 1.165) is 66.1 Å². The Kier molecular flexibility index (Phi) is 10.1. The Labute approximate surface area is 333 Å². The summed E-state index contributed by atoms with van der Waals surface area (Å²) in [4.78, 5) is 23.6. The molecule has 8 heteroatoms. The molecule has 0 radical (unpaired) electrons. The second kappa shape index (κ2) is 15.9. The lowest BCUT2D eigenvalue weighted by molar-refractivity contribution is -0.140. The summed E-state index contributed by atoms with van der Waals surface area (Å²) in [6, 6.07) is 54.5. The average molecular weight is 757 g/mol. The van der Waals surface area contributed by atoms with E-state index in [1.165, 1.54) is 0 Å². The first-order valence-corrected chi connectivity index (χ1v) is 18.3. The van der Waals surface area contributed by atoms with Gasteiger partial charge in [0, 0.05) is 11.1 Å². The van der Waals surface area contributed by atoms with E-state index < -0.39 is 25.2 Å².